The van der Waals surface area contributed by atoms with Crippen molar-refractivity contribution in [2.24, 2.45) is 16.1 Å². The SMILES string of the molecule is Cc1cnc(C(=O)C23CC(=CN)C(=Nc4ccc(P)cc4)C=C2CCN(Sc2cccc(C(F)(F)F)c2)C3)s1. The number of halogens is 3. The van der Waals surface area contributed by atoms with Crippen molar-refractivity contribution in [3.8, 4) is 0 Å². The molecule has 2 heterocycles. The maximum atomic E-state index is 14.1. The molecule has 2 aliphatic rings. The summed E-state index contributed by atoms with van der Waals surface area (Å²) in [6, 6.07) is 13.0. The molecule has 1 aliphatic heterocycles. The van der Waals surface area contributed by atoms with Gasteiger partial charge in [0.1, 0.15) is 0 Å². The summed E-state index contributed by atoms with van der Waals surface area (Å²) in [7, 11) is 2.64. The van der Waals surface area contributed by atoms with E-state index in [1.54, 1.807) is 12.3 Å². The summed E-state index contributed by atoms with van der Waals surface area (Å²) in [5.41, 5.74) is 7.60. The van der Waals surface area contributed by atoms with Crippen LogP contribution in [0.15, 0.2) is 88.0 Å². The molecule has 0 spiro atoms. The number of aliphatic imine (C=N–C) groups is 1. The zero-order valence-corrected chi connectivity index (χ0v) is 23.8. The Morgan fingerprint density at radius 2 is 2.03 bits per heavy atom. The van der Waals surface area contributed by atoms with Gasteiger partial charge < -0.3 is 5.73 Å². The van der Waals surface area contributed by atoms with Gasteiger partial charge in [-0.25, -0.2) is 14.3 Å². The number of nitrogens with zero attached hydrogens (tertiary/aromatic N) is 3. The molecule has 3 aromatic rings. The molecule has 2 aromatic carbocycles. The van der Waals surface area contributed by atoms with Crippen LogP contribution in [-0.2, 0) is 6.18 Å². The first kappa shape index (κ1) is 27.8. The number of hydrogen-bond acceptors (Lipinski definition) is 7. The number of hydrogen-bond donors (Lipinski definition) is 1. The third-order valence-electron chi connectivity index (χ3n) is 6.81. The lowest BCUT2D eigenvalue weighted by molar-refractivity contribution is -0.137. The second-order valence-corrected chi connectivity index (χ2v) is 12.6. The normalized spacial score (nSPS) is 22.1. The van der Waals surface area contributed by atoms with Crippen molar-refractivity contribution < 1.29 is 18.0 Å². The van der Waals surface area contributed by atoms with E-state index in [0.29, 0.717) is 41.5 Å². The van der Waals surface area contributed by atoms with Crippen molar-refractivity contribution in [3.63, 3.8) is 0 Å². The van der Waals surface area contributed by atoms with Crippen molar-refractivity contribution in [1.29, 1.82) is 0 Å². The molecule has 39 heavy (non-hydrogen) atoms. The highest BCUT2D eigenvalue weighted by Crippen LogP contribution is 2.49. The van der Waals surface area contributed by atoms with Gasteiger partial charge in [0, 0.05) is 29.1 Å². The number of Topliss-reactive ketones (excluding diaryl/α,β-unsaturated/α-hetero) is 1. The molecule has 1 fully saturated rings. The fraction of sp³-hybridized carbons (Fsp3) is 0.250. The number of rotatable bonds is 5. The van der Waals surface area contributed by atoms with E-state index in [2.05, 4.69) is 14.2 Å². The molecular formula is C28H26F3N4OPS2. The first-order chi connectivity index (χ1) is 18.6. The fourth-order valence-corrected chi connectivity index (χ4v) is 6.96. The number of benzene rings is 2. The highest BCUT2D eigenvalue weighted by Gasteiger charge is 2.50. The fourth-order valence-electron chi connectivity index (χ4n) is 4.87. The Hall–Kier alpha value is -2.78. The maximum absolute atomic E-state index is 14.1. The van der Waals surface area contributed by atoms with Crippen LogP contribution < -0.4 is 11.0 Å². The van der Waals surface area contributed by atoms with Crippen LogP contribution in [0.4, 0.5) is 18.9 Å². The third kappa shape index (κ3) is 5.89. The van der Waals surface area contributed by atoms with E-state index >= 15 is 0 Å². The average molecular weight is 587 g/mol. The molecule has 1 saturated heterocycles. The second kappa shape index (κ2) is 11.0. The van der Waals surface area contributed by atoms with E-state index in [1.807, 2.05) is 41.6 Å². The lowest BCUT2D eigenvalue weighted by atomic mass is 9.65. The summed E-state index contributed by atoms with van der Waals surface area (Å²) in [6.45, 7) is 2.77. The number of ketones is 1. The van der Waals surface area contributed by atoms with E-state index in [9.17, 15) is 18.0 Å². The van der Waals surface area contributed by atoms with Crippen LogP contribution in [0, 0.1) is 12.3 Å². The summed E-state index contributed by atoms with van der Waals surface area (Å²) in [5.74, 6) is -0.105. The highest BCUT2D eigenvalue weighted by molar-refractivity contribution is 7.97. The zero-order chi connectivity index (χ0) is 27.8. The molecule has 0 radical (unpaired) electrons. The molecule has 0 amide bonds. The van der Waals surface area contributed by atoms with E-state index in [-0.39, 0.29) is 5.78 Å². The van der Waals surface area contributed by atoms with Crippen molar-refractivity contribution in [3.05, 3.63) is 93.6 Å². The number of thiazole rings is 1. The largest absolute Gasteiger partial charge is 0.416 e. The molecule has 0 saturated carbocycles. The molecule has 2 unspecified atom stereocenters. The molecule has 0 bridgehead atoms. The number of alkyl halides is 3. The number of aryl methyl sites for hydroxylation is 1. The van der Waals surface area contributed by atoms with Crippen molar-refractivity contribution >= 4 is 55.0 Å². The van der Waals surface area contributed by atoms with E-state index in [0.717, 1.165) is 39.1 Å². The Balaban J connectivity index is 1.53. The summed E-state index contributed by atoms with van der Waals surface area (Å²) in [5, 5.41) is 1.46. The second-order valence-electron chi connectivity index (χ2n) is 9.54. The van der Waals surface area contributed by atoms with Crippen LogP contribution in [0.3, 0.4) is 0 Å². The van der Waals surface area contributed by atoms with E-state index in [4.69, 9.17) is 10.7 Å². The molecule has 1 aliphatic carbocycles. The van der Waals surface area contributed by atoms with Gasteiger partial charge in [-0.1, -0.05) is 23.8 Å². The van der Waals surface area contributed by atoms with Crippen LogP contribution in [0.5, 0.6) is 0 Å². The van der Waals surface area contributed by atoms with Crippen LogP contribution in [0.1, 0.15) is 33.1 Å². The predicted octanol–water partition coefficient (Wildman–Crippen LogP) is 6.50. The number of nitrogens with two attached hydrogens (primary N) is 1. The summed E-state index contributed by atoms with van der Waals surface area (Å²) in [6.07, 6.45) is 1.60. The number of piperidine rings is 1. The quantitative estimate of drug-likeness (QED) is 0.210. The van der Waals surface area contributed by atoms with Gasteiger partial charge in [-0.2, -0.15) is 13.2 Å². The number of carbonyl (C=O) groups excluding carboxylic acids is 1. The Bertz CT molecular complexity index is 1500. The van der Waals surface area contributed by atoms with Crippen molar-refractivity contribution in [1.82, 2.24) is 9.29 Å². The smallest absolute Gasteiger partial charge is 0.404 e. The minimum Gasteiger partial charge on any atom is -0.404 e. The van der Waals surface area contributed by atoms with Gasteiger partial charge in [0.2, 0.25) is 5.78 Å². The Labute approximate surface area is 235 Å². The first-order valence-electron chi connectivity index (χ1n) is 12.2. The van der Waals surface area contributed by atoms with Gasteiger partial charge in [-0.15, -0.1) is 20.6 Å². The number of allylic oxidation sites excluding steroid dienone is 2. The highest BCUT2D eigenvalue weighted by atomic mass is 32.2. The molecule has 5 rings (SSSR count). The van der Waals surface area contributed by atoms with Gasteiger partial charge in [0.25, 0.3) is 0 Å². The van der Waals surface area contributed by atoms with Crippen LogP contribution in [0.2, 0.25) is 0 Å². The number of fused-ring (bicyclic) bond motifs is 1. The minimum atomic E-state index is -4.43. The van der Waals surface area contributed by atoms with Crippen LogP contribution >= 0.6 is 32.5 Å². The first-order valence-corrected chi connectivity index (χ1v) is 14.4. The molecule has 5 nitrogen and oxygen atoms in total. The maximum Gasteiger partial charge on any atom is 0.416 e. The molecule has 2 N–H and O–H groups in total. The standard InChI is InChI=1S/C28H26F3N4OPS2/c1-17-15-33-26(38-17)25(36)27-13-18(14-32)24(34-21-5-7-22(37)8-6-21)12-19(27)9-10-35(16-27)39-23-4-2-3-20(11-23)28(29,30)31/h2-8,11-12,14-15H,9-10,13,16,32,37H2,1H3. The number of aromatic nitrogens is 1. The van der Waals surface area contributed by atoms with Gasteiger partial charge >= 0.3 is 6.18 Å². The molecular weight excluding hydrogens is 560 g/mol. The topological polar surface area (TPSA) is 71.6 Å². The van der Waals surface area contributed by atoms with Crippen molar-refractivity contribution in [2.75, 3.05) is 13.1 Å². The number of carbonyl (C=O) groups is 1. The minimum absolute atomic E-state index is 0.105. The van der Waals surface area contributed by atoms with Crippen LogP contribution in [-0.4, -0.2) is 33.9 Å². The average Bonchev–Trinajstić information content (AvgIpc) is 3.35. The predicted molar refractivity (Wildman–Crippen MR) is 155 cm³/mol. The van der Waals surface area contributed by atoms with Gasteiger partial charge in [0.15, 0.2) is 5.01 Å². The Kier molecular flexibility index (Phi) is 7.84. The molecule has 202 valence electrons. The van der Waals surface area contributed by atoms with Crippen molar-refractivity contribution in [2.45, 2.75) is 30.8 Å². The monoisotopic (exact) mass is 586 g/mol. The summed E-state index contributed by atoms with van der Waals surface area (Å²) in [4.78, 5) is 24.7. The summed E-state index contributed by atoms with van der Waals surface area (Å²) >= 11 is 2.58. The van der Waals surface area contributed by atoms with E-state index < -0.39 is 17.2 Å². The zero-order valence-electron chi connectivity index (χ0n) is 21.0. The lowest BCUT2D eigenvalue weighted by Gasteiger charge is -2.45. The lowest BCUT2D eigenvalue weighted by Crippen LogP contribution is -2.49. The van der Waals surface area contributed by atoms with Gasteiger partial charge in [-0.05, 0) is 85.2 Å². The van der Waals surface area contributed by atoms with Crippen LogP contribution in [0.25, 0.3) is 0 Å². The molecule has 1 aromatic heterocycles. The summed E-state index contributed by atoms with van der Waals surface area (Å²) < 4.78 is 41.9. The molecule has 11 heteroatoms. The Morgan fingerprint density at radius 3 is 2.69 bits per heavy atom. The molecule has 2 atom stereocenters. The van der Waals surface area contributed by atoms with E-state index in [1.165, 1.54) is 35.6 Å². The van der Waals surface area contributed by atoms with Gasteiger partial charge in [0.05, 0.1) is 22.4 Å². The third-order valence-corrected chi connectivity index (χ3v) is 9.14. The van der Waals surface area contributed by atoms with Gasteiger partial charge in [-0.3, -0.25) is 4.79 Å². The Morgan fingerprint density at radius 1 is 1.26 bits per heavy atom.